The van der Waals surface area contributed by atoms with Gasteiger partial charge in [0.1, 0.15) is 59.6 Å². The number of benzene rings is 2. The standard InChI is InChI=1S/C27H30O17/c28-7-16-17(33)19(35)24(44-26-21(37)18(34)20(36)23(43-26)25(38)39)27(42-16)41-15-6-10-12(31)4-9(29)5-14(10)40-22(15)8-1-2-11(30)13(32)3-8/h1-6,16-24,26-37H,7H2,(H,38,39). The van der Waals surface area contributed by atoms with E-state index < -0.39 is 97.3 Å². The Morgan fingerprint density at radius 3 is 2.18 bits per heavy atom. The van der Waals surface area contributed by atoms with Crippen LogP contribution in [-0.4, -0.2) is 130 Å². The van der Waals surface area contributed by atoms with Crippen LogP contribution in [0.2, 0.25) is 0 Å². The monoisotopic (exact) mass is 626 g/mol. The number of aliphatic carboxylic acids is 1. The summed E-state index contributed by atoms with van der Waals surface area (Å²) in [7, 11) is 0. The van der Waals surface area contributed by atoms with Crippen LogP contribution in [-0.2, 0) is 23.7 Å². The van der Waals surface area contributed by atoms with Crippen molar-refractivity contribution in [3.05, 3.63) is 47.2 Å². The number of hydrogen-bond donors (Lipinski definition) is 11. The summed E-state index contributed by atoms with van der Waals surface area (Å²) in [5, 5.41) is 112. The first-order chi connectivity index (χ1) is 20.8. The van der Waals surface area contributed by atoms with Crippen molar-refractivity contribution in [1.82, 2.24) is 0 Å². The molecule has 11 N–H and O–H groups in total. The van der Waals surface area contributed by atoms with Crippen LogP contribution in [0.15, 0.2) is 36.1 Å². The summed E-state index contributed by atoms with van der Waals surface area (Å²) in [5.74, 6) is -3.74. The van der Waals surface area contributed by atoms with Gasteiger partial charge in [0.2, 0.25) is 6.29 Å². The quantitative estimate of drug-likeness (QED) is 0.144. The normalized spacial score (nSPS) is 35.2. The van der Waals surface area contributed by atoms with Crippen LogP contribution in [0.25, 0.3) is 6.08 Å². The molecule has 17 heteroatoms. The van der Waals surface area contributed by atoms with E-state index in [9.17, 15) is 61.0 Å². The highest BCUT2D eigenvalue weighted by atomic mass is 16.8. The highest BCUT2D eigenvalue weighted by Gasteiger charge is 2.53. The lowest BCUT2D eigenvalue weighted by atomic mass is 9.97. The molecule has 0 saturated carbocycles. The molecule has 2 saturated heterocycles. The lowest BCUT2D eigenvalue weighted by molar-refractivity contribution is -0.360. The molecule has 17 nitrogen and oxygen atoms in total. The number of aliphatic hydroxyl groups excluding tert-OH is 6. The summed E-state index contributed by atoms with van der Waals surface area (Å²) in [6.45, 7) is -0.826. The van der Waals surface area contributed by atoms with Crippen molar-refractivity contribution in [2.45, 2.75) is 67.5 Å². The van der Waals surface area contributed by atoms with Crippen molar-refractivity contribution < 1.29 is 84.7 Å². The maximum atomic E-state index is 11.6. The third-order valence-corrected chi connectivity index (χ3v) is 7.38. The zero-order chi connectivity index (χ0) is 32.0. The molecule has 2 aromatic rings. The van der Waals surface area contributed by atoms with Crippen molar-refractivity contribution >= 4 is 12.0 Å². The van der Waals surface area contributed by atoms with Crippen LogP contribution < -0.4 is 4.74 Å². The molecule has 11 unspecified atom stereocenters. The summed E-state index contributed by atoms with van der Waals surface area (Å²) in [6, 6.07) is 5.81. The van der Waals surface area contributed by atoms with Crippen LogP contribution in [0.4, 0.5) is 0 Å². The molecule has 0 aliphatic carbocycles. The molecule has 0 aromatic heterocycles. The molecule has 0 amide bonds. The number of ether oxygens (including phenoxy) is 5. The molecule has 2 fully saturated rings. The highest BCUT2D eigenvalue weighted by molar-refractivity contribution is 5.73. The maximum absolute atomic E-state index is 11.6. The van der Waals surface area contributed by atoms with E-state index in [-0.39, 0.29) is 28.4 Å². The Morgan fingerprint density at radius 1 is 0.795 bits per heavy atom. The molecule has 11 atom stereocenters. The molecule has 3 aliphatic rings. The van der Waals surface area contributed by atoms with Crippen molar-refractivity contribution in [3.8, 4) is 28.7 Å². The molecule has 0 spiro atoms. The van der Waals surface area contributed by atoms with Gasteiger partial charge >= 0.3 is 5.97 Å². The van der Waals surface area contributed by atoms with E-state index in [1.807, 2.05) is 0 Å². The molecule has 0 radical (unpaired) electrons. The smallest absolute Gasteiger partial charge is 0.335 e. The minimum atomic E-state index is -2.07. The maximum Gasteiger partial charge on any atom is 0.335 e. The molecule has 3 aliphatic heterocycles. The van der Waals surface area contributed by atoms with Gasteiger partial charge in [-0.1, -0.05) is 6.07 Å². The third kappa shape index (κ3) is 5.80. The van der Waals surface area contributed by atoms with Crippen LogP contribution >= 0.6 is 0 Å². The summed E-state index contributed by atoms with van der Waals surface area (Å²) in [6.07, 6.45) is -19.2. The van der Waals surface area contributed by atoms with E-state index in [1.54, 1.807) is 0 Å². The van der Waals surface area contributed by atoms with E-state index in [4.69, 9.17) is 23.7 Å². The van der Waals surface area contributed by atoms with Crippen LogP contribution in [0.3, 0.4) is 0 Å². The van der Waals surface area contributed by atoms with Gasteiger partial charge in [-0.05, 0) is 18.2 Å². The van der Waals surface area contributed by atoms with Crippen LogP contribution in [0.5, 0.6) is 28.7 Å². The van der Waals surface area contributed by atoms with Crippen LogP contribution in [0.1, 0.15) is 17.2 Å². The second kappa shape index (κ2) is 12.2. The van der Waals surface area contributed by atoms with Crippen molar-refractivity contribution in [2.75, 3.05) is 6.61 Å². The fraction of sp³-hybridized carbons (Fsp3) is 0.444. The molecule has 44 heavy (non-hydrogen) atoms. The minimum absolute atomic E-state index is 0.0112. The number of fused-ring (bicyclic) bond motifs is 1. The van der Waals surface area contributed by atoms with Crippen molar-refractivity contribution in [3.63, 3.8) is 0 Å². The van der Waals surface area contributed by atoms with E-state index in [1.165, 1.54) is 18.2 Å². The zero-order valence-corrected chi connectivity index (χ0v) is 22.4. The number of carboxylic acid groups (broad SMARTS) is 1. The van der Waals surface area contributed by atoms with Gasteiger partial charge in [-0.2, -0.15) is 0 Å². The number of rotatable bonds is 7. The molecule has 2 aromatic carbocycles. The molecule has 3 heterocycles. The van der Waals surface area contributed by atoms with Gasteiger partial charge in [0, 0.05) is 17.7 Å². The second-order valence-corrected chi connectivity index (χ2v) is 10.3. The summed E-state index contributed by atoms with van der Waals surface area (Å²) in [5.41, 5.74) is 0.178. The van der Waals surface area contributed by atoms with Gasteiger partial charge in [0.25, 0.3) is 0 Å². The Hall–Kier alpha value is -3.91. The molecular weight excluding hydrogens is 596 g/mol. The number of carbonyl (C=O) groups is 1. The van der Waals surface area contributed by atoms with E-state index in [2.05, 4.69) is 0 Å². The predicted octanol–water partition coefficient (Wildman–Crippen LogP) is -2.28. The summed E-state index contributed by atoms with van der Waals surface area (Å²) in [4.78, 5) is 11.6. The van der Waals surface area contributed by atoms with Gasteiger partial charge in [-0.25, -0.2) is 4.79 Å². The third-order valence-electron chi connectivity index (χ3n) is 7.38. The first-order valence-corrected chi connectivity index (χ1v) is 13.1. The largest absolute Gasteiger partial charge is 0.508 e. The molecule has 5 rings (SSSR count). The Balaban J connectivity index is 1.52. The lowest BCUT2D eigenvalue weighted by Crippen LogP contribution is -2.65. The van der Waals surface area contributed by atoms with Gasteiger partial charge in [0.15, 0.2) is 36.1 Å². The van der Waals surface area contributed by atoms with Gasteiger partial charge < -0.3 is 79.9 Å². The van der Waals surface area contributed by atoms with Crippen LogP contribution in [0, 0.1) is 0 Å². The number of aromatic hydroxyl groups is 4. The fourth-order valence-electron chi connectivity index (χ4n) is 5.02. The Kier molecular flexibility index (Phi) is 8.76. The van der Waals surface area contributed by atoms with Crippen molar-refractivity contribution in [1.29, 1.82) is 0 Å². The Morgan fingerprint density at radius 2 is 1.52 bits per heavy atom. The van der Waals surface area contributed by atoms with Gasteiger partial charge in [-0.15, -0.1) is 0 Å². The van der Waals surface area contributed by atoms with Gasteiger partial charge in [-0.3, -0.25) is 0 Å². The van der Waals surface area contributed by atoms with Crippen molar-refractivity contribution in [2.24, 2.45) is 0 Å². The molecule has 240 valence electrons. The van der Waals surface area contributed by atoms with E-state index in [0.717, 1.165) is 18.2 Å². The van der Waals surface area contributed by atoms with E-state index >= 15 is 0 Å². The average molecular weight is 627 g/mol. The minimum Gasteiger partial charge on any atom is -0.508 e. The fourth-order valence-corrected chi connectivity index (χ4v) is 5.02. The Labute approximate surface area is 247 Å². The number of phenolic OH excluding ortho intramolecular Hbond substituents is 4. The lowest BCUT2D eigenvalue weighted by Gasteiger charge is -2.46. The first-order valence-electron chi connectivity index (χ1n) is 13.1. The SMILES string of the molecule is O=C(O)C1OC(OC2C(OC3=Cc4c(O)cc(O)cc4OC3c3ccc(O)c(O)c3)OC(CO)C(O)C2O)C(O)C(O)C1O. The highest BCUT2D eigenvalue weighted by Crippen LogP contribution is 2.45. The number of hydrogen-bond acceptors (Lipinski definition) is 16. The number of aliphatic hydroxyl groups is 6. The molecule has 0 bridgehead atoms. The first kappa shape index (κ1) is 31.5. The predicted molar refractivity (Wildman–Crippen MR) is 139 cm³/mol. The van der Waals surface area contributed by atoms with Gasteiger partial charge in [0.05, 0.1) is 12.2 Å². The summed E-state index contributed by atoms with van der Waals surface area (Å²) >= 11 is 0. The number of phenols is 4. The Bertz CT molecular complexity index is 1410. The second-order valence-electron chi connectivity index (χ2n) is 10.3. The van der Waals surface area contributed by atoms with E-state index in [0.29, 0.717) is 0 Å². The summed E-state index contributed by atoms with van der Waals surface area (Å²) < 4.78 is 28.3. The molecular formula is C27H30O17. The topological polar surface area (TPSA) is 286 Å². The average Bonchev–Trinajstić information content (AvgIpc) is 2.97. The number of carboxylic acids is 1. The zero-order valence-electron chi connectivity index (χ0n) is 22.4.